The number of hydrogen-bond donors (Lipinski definition) is 1. The minimum atomic E-state index is 0.534. The summed E-state index contributed by atoms with van der Waals surface area (Å²) in [5, 5.41) is 0. The second-order valence-corrected chi connectivity index (χ2v) is 3.61. The number of fused-ring (bicyclic) bond motifs is 1. The van der Waals surface area contributed by atoms with Gasteiger partial charge in [0.25, 0.3) is 0 Å². The fourth-order valence-electron chi connectivity index (χ4n) is 1.02. The molecule has 0 saturated carbocycles. The molecule has 0 aliphatic carbocycles. The van der Waals surface area contributed by atoms with Gasteiger partial charge in [0.15, 0.2) is 5.58 Å². The van der Waals surface area contributed by atoms with Gasteiger partial charge in [-0.1, -0.05) is 15.9 Å². The maximum atomic E-state index is 5.36. The molecule has 0 unspecified atom stereocenters. The molecule has 2 rings (SSSR count). The van der Waals surface area contributed by atoms with Gasteiger partial charge in [0.1, 0.15) is 5.52 Å². The van der Waals surface area contributed by atoms with Gasteiger partial charge in [0.2, 0.25) is 5.89 Å². The molecule has 2 aromatic rings. The zero-order valence-corrected chi connectivity index (χ0v) is 8.60. The third-order valence-corrected chi connectivity index (χ3v) is 2.29. The van der Waals surface area contributed by atoms with Crippen molar-refractivity contribution in [2.45, 2.75) is 5.75 Å². The normalized spacial score (nSPS) is 10.8. The standard InChI is InChI=1S/C8H6BrNOS/c9-5-1-2-7-6(3-5)10-8(4-12)11-7/h1-3,12H,4H2. The smallest absolute Gasteiger partial charge is 0.205 e. The van der Waals surface area contributed by atoms with E-state index in [1.165, 1.54) is 0 Å². The molecule has 1 heterocycles. The highest BCUT2D eigenvalue weighted by Crippen LogP contribution is 2.20. The molecule has 0 atom stereocenters. The molecule has 0 aliphatic heterocycles. The predicted molar refractivity (Wildman–Crippen MR) is 54.4 cm³/mol. The Morgan fingerprint density at radius 3 is 3.08 bits per heavy atom. The van der Waals surface area contributed by atoms with E-state index in [2.05, 4.69) is 33.5 Å². The maximum Gasteiger partial charge on any atom is 0.205 e. The van der Waals surface area contributed by atoms with Crippen LogP contribution in [0.1, 0.15) is 5.89 Å². The lowest BCUT2D eigenvalue weighted by Crippen LogP contribution is -1.72. The fraction of sp³-hybridized carbons (Fsp3) is 0.125. The largest absolute Gasteiger partial charge is 0.440 e. The highest BCUT2D eigenvalue weighted by Gasteiger charge is 2.03. The Balaban J connectivity index is 2.67. The maximum absolute atomic E-state index is 5.36. The summed E-state index contributed by atoms with van der Waals surface area (Å²) >= 11 is 7.44. The minimum absolute atomic E-state index is 0.534. The van der Waals surface area contributed by atoms with Gasteiger partial charge in [0.05, 0.1) is 5.75 Å². The lowest BCUT2D eigenvalue weighted by molar-refractivity contribution is 0.556. The first kappa shape index (κ1) is 8.13. The second kappa shape index (κ2) is 3.11. The number of thiol groups is 1. The van der Waals surface area contributed by atoms with Crippen molar-refractivity contribution in [1.82, 2.24) is 4.98 Å². The molecule has 0 spiro atoms. The van der Waals surface area contributed by atoms with Gasteiger partial charge in [-0.3, -0.25) is 0 Å². The first-order valence-corrected chi connectivity index (χ1v) is 4.88. The van der Waals surface area contributed by atoms with Crippen molar-refractivity contribution >= 4 is 39.7 Å². The van der Waals surface area contributed by atoms with Crippen LogP contribution in [0.4, 0.5) is 0 Å². The lowest BCUT2D eigenvalue weighted by atomic mass is 10.3. The minimum Gasteiger partial charge on any atom is -0.440 e. The second-order valence-electron chi connectivity index (χ2n) is 2.38. The number of benzene rings is 1. The molecule has 0 aliphatic rings. The summed E-state index contributed by atoms with van der Waals surface area (Å²) < 4.78 is 6.37. The van der Waals surface area contributed by atoms with E-state index < -0.39 is 0 Å². The molecular formula is C8H6BrNOS. The van der Waals surface area contributed by atoms with E-state index in [1.54, 1.807) is 0 Å². The van der Waals surface area contributed by atoms with Crippen molar-refractivity contribution in [3.05, 3.63) is 28.6 Å². The van der Waals surface area contributed by atoms with Crippen molar-refractivity contribution in [2.24, 2.45) is 0 Å². The van der Waals surface area contributed by atoms with Crippen molar-refractivity contribution < 1.29 is 4.42 Å². The molecule has 0 N–H and O–H groups in total. The SMILES string of the molecule is SCc1nc2cc(Br)ccc2o1. The van der Waals surface area contributed by atoms with Crippen LogP contribution < -0.4 is 0 Å². The monoisotopic (exact) mass is 243 g/mol. The molecule has 12 heavy (non-hydrogen) atoms. The summed E-state index contributed by atoms with van der Waals surface area (Å²) in [6.45, 7) is 0. The van der Waals surface area contributed by atoms with Crippen LogP contribution in [0.2, 0.25) is 0 Å². The van der Waals surface area contributed by atoms with Gasteiger partial charge in [-0.2, -0.15) is 12.6 Å². The van der Waals surface area contributed by atoms with Crippen LogP contribution >= 0.6 is 28.6 Å². The Labute approximate surface area is 83.5 Å². The van der Waals surface area contributed by atoms with E-state index in [9.17, 15) is 0 Å². The summed E-state index contributed by atoms with van der Waals surface area (Å²) in [6.07, 6.45) is 0. The van der Waals surface area contributed by atoms with Crippen molar-refractivity contribution in [3.8, 4) is 0 Å². The Hall–Kier alpha value is -0.480. The number of halogens is 1. The number of aromatic nitrogens is 1. The van der Waals surface area contributed by atoms with Crippen molar-refractivity contribution in [2.75, 3.05) is 0 Å². The third-order valence-electron chi connectivity index (χ3n) is 1.53. The lowest BCUT2D eigenvalue weighted by Gasteiger charge is -1.86. The Morgan fingerprint density at radius 1 is 1.50 bits per heavy atom. The molecule has 0 saturated heterocycles. The van der Waals surface area contributed by atoms with Crippen molar-refractivity contribution in [3.63, 3.8) is 0 Å². The van der Waals surface area contributed by atoms with Crippen LogP contribution in [0.25, 0.3) is 11.1 Å². The van der Waals surface area contributed by atoms with E-state index in [-0.39, 0.29) is 0 Å². The Bertz CT molecular complexity index is 412. The van der Waals surface area contributed by atoms with Gasteiger partial charge in [-0.05, 0) is 18.2 Å². The first-order chi connectivity index (χ1) is 5.79. The first-order valence-electron chi connectivity index (χ1n) is 3.45. The number of nitrogens with zero attached hydrogens (tertiary/aromatic N) is 1. The van der Waals surface area contributed by atoms with Gasteiger partial charge in [-0.25, -0.2) is 4.98 Å². The molecule has 1 aromatic carbocycles. The van der Waals surface area contributed by atoms with Gasteiger partial charge in [0, 0.05) is 4.47 Å². The van der Waals surface area contributed by atoms with Crippen molar-refractivity contribution in [1.29, 1.82) is 0 Å². The molecule has 0 bridgehead atoms. The van der Waals surface area contributed by atoms with E-state index in [0.29, 0.717) is 11.6 Å². The highest BCUT2D eigenvalue weighted by molar-refractivity contribution is 9.10. The quantitative estimate of drug-likeness (QED) is 0.780. The van der Waals surface area contributed by atoms with Crippen LogP contribution in [0.3, 0.4) is 0 Å². The van der Waals surface area contributed by atoms with E-state index in [4.69, 9.17) is 4.42 Å². The van der Waals surface area contributed by atoms with Gasteiger partial charge < -0.3 is 4.42 Å². The number of rotatable bonds is 1. The average Bonchev–Trinajstić information content (AvgIpc) is 2.46. The zero-order valence-electron chi connectivity index (χ0n) is 6.12. The fourth-order valence-corrected chi connectivity index (χ4v) is 1.50. The molecule has 0 fully saturated rings. The van der Waals surface area contributed by atoms with E-state index in [1.807, 2.05) is 18.2 Å². The number of oxazole rings is 1. The molecule has 0 radical (unpaired) electrons. The molecule has 62 valence electrons. The Morgan fingerprint density at radius 2 is 2.33 bits per heavy atom. The van der Waals surface area contributed by atoms with Crippen LogP contribution in [0, 0.1) is 0 Å². The average molecular weight is 244 g/mol. The van der Waals surface area contributed by atoms with Crippen LogP contribution in [-0.2, 0) is 5.75 Å². The predicted octanol–water partition coefficient (Wildman–Crippen LogP) is 3.02. The van der Waals surface area contributed by atoms with E-state index in [0.717, 1.165) is 15.6 Å². The van der Waals surface area contributed by atoms with Crippen LogP contribution in [0.15, 0.2) is 27.1 Å². The third kappa shape index (κ3) is 1.36. The van der Waals surface area contributed by atoms with E-state index >= 15 is 0 Å². The summed E-state index contributed by atoms with van der Waals surface area (Å²) in [6, 6.07) is 5.74. The summed E-state index contributed by atoms with van der Waals surface area (Å²) in [4.78, 5) is 4.22. The molecule has 4 heteroatoms. The Kier molecular flexibility index (Phi) is 2.11. The summed E-state index contributed by atoms with van der Waals surface area (Å²) in [5.41, 5.74) is 1.68. The molecule has 0 amide bonds. The van der Waals surface area contributed by atoms with Crippen LogP contribution in [-0.4, -0.2) is 4.98 Å². The highest BCUT2D eigenvalue weighted by atomic mass is 79.9. The molecule has 2 nitrogen and oxygen atoms in total. The van der Waals surface area contributed by atoms with Crippen LogP contribution in [0.5, 0.6) is 0 Å². The summed E-state index contributed by atoms with van der Waals surface area (Å²) in [5.74, 6) is 1.19. The molecular weight excluding hydrogens is 238 g/mol. The van der Waals surface area contributed by atoms with Gasteiger partial charge >= 0.3 is 0 Å². The number of hydrogen-bond acceptors (Lipinski definition) is 3. The zero-order chi connectivity index (χ0) is 8.55. The molecule has 1 aromatic heterocycles. The topological polar surface area (TPSA) is 26.0 Å². The summed E-state index contributed by atoms with van der Waals surface area (Å²) in [7, 11) is 0. The van der Waals surface area contributed by atoms with Gasteiger partial charge in [-0.15, -0.1) is 0 Å².